The lowest BCUT2D eigenvalue weighted by Crippen LogP contribution is -2.44. The summed E-state index contributed by atoms with van der Waals surface area (Å²) in [5.41, 5.74) is 2.49. The van der Waals surface area contributed by atoms with Crippen molar-refractivity contribution in [3.63, 3.8) is 0 Å². The highest BCUT2D eigenvalue weighted by atomic mass is 32.2. The minimum absolute atomic E-state index is 0.0286. The van der Waals surface area contributed by atoms with Gasteiger partial charge in [0.15, 0.2) is 12.4 Å². The fourth-order valence-corrected chi connectivity index (χ4v) is 8.65. The zero-order chi connectivity index (χ0) is 41.4. The quantitative estimate of drug-likeness (QED) is 0.0235. The van der Waals surface area contributed by atoms with E-state index in [0.29, 0.717) is 24.4 Å². The zero-order valence-corrected chi connectivity index (χ0v) is 35.5. The van der Waals surface area contributed by atoms with Crippen LogP contribution in [0.2, 0.25) is 0 Å². The molecule has 56 heavy (non-hydrogen) atoms. The minimum Gasteiger partial charge on any atom is -0.497 e. The van der Waals surface area contributed by atoms with Crippen molar-refractivity contribution in [1.29, 1.82) is 0 Å². The summed E-state index contributed by atoms with van der Waals surface area (Å²) in [5, 5.41) is 9.42. The maximum atomic E-state index is 15.8. The van der Waals surface area contributed by atoms with Crippen molar-refractivity contribution in [2.45, 2.75) is 51.4 Å². The van der Waals surface area contributed by atoms with Gasteiger partial charge in [0, 0.05) is 28.7 Å². The van der Waals surface area contributed by atoms with Crippen molar-refractivity contribution in [1.82, 2.24) is 0 Å². The number of aliphatic hydroxyl groups excluding tert-OH is 1. The molecule has 304 valence electrons. The zero-order valence-electron chi connectivity index (χ0n) is 32.9. The van der Waals surface area contributed by atoms with E-state index in [1.165, 1.54) is 0 Å². The Morgan fingerprint density at radius 3 is 1.82 bits per heavy atom. The highest BCUT2D eigenvalue weighted by Gasteiger charge is 2.41. The Bertz CT molecular complexity index is 1710. The van der Waals surface area contributed by atoms with Crippen LogP contribution in [0.4, 0.5) is 4.39 Å². The number of aliphatic hydroxyl groups is 1. The second-order valence-electron chi connectivity index (χ2n) is 13.7. The topological polar surface area (TPSA) is 127 Å². The SMILES string of the molecule is C=C[C@H](F)[C@H](OP(=O)(OCCSC(=O)C(=C)C)OCCSC(=O)C(C)(C)C)[C@@H](CO)OCBC(c1ccccc1)(c1ccc(OC)cc1)c1ccc(OC)cc1. The van der Waals surface area contributed by atoms with Crippen LogP contribution >= 0.6 is 31.3 Å². The van der Waals surface area contributed by atoms with Crippen LogP contribution in [-0.2, 0) is 37.8 Å². The lowest BCUT2D eigenvalue weighted by Gasteiger charge is -2.37. The predicted molar refractivity (Wildman–Crippen MR) is 225 cm³/mol. The second-order valence-corrected chi connectivity index (χ2v) is 17.5. The Labute approximate surface area is 339 Å². The largest absolute Gasteiger partial charge is 0.497 e. The fourth-order valence-electron chi connectivity index (χ4n) is 5.64. The summed E-state index contributed by atoms with van der Waals surface area (Å²) < 4.78 is 64.1. The van der Waals surface area contributed by atoms with Crippen LogP contribution in [0.3, 0.4) is 0 Å². The van der Waals surface area contributed by atoms with E-state index < -0.39 is 43.5 Å². The van der Waals surface area contributed by atoms with E-state index in [-0.39, 0.29) is 41.5 Å². The molecule has 1 N–H and O–H groups in total. The van der Waals surface area contributed by atoms with Crippen LogP contribution < -0.4 is 9.47 Å². The van der Waals surface area contributed by atoms with Gasteiger partial charge in [-0.15, -0.1) is 6.58 Å². The lowest BCUT2D eigenvalue weighted by atomic mass is 9.44. The molecule has 3 aromatic rings. The average molecular weight is 831 g/mol. The molecule has 1 unspecified atom stereocenters. The van der Waals surface area contributed by atoms with E-state index in [1.807, 2.05) is 78.9 Å². The second kappa shape index (κ2) is 22.7. The number of phosphoric ester groups is 1. The third-order valence-corrected chi connectivity index (χ3v) is 12.4. The van der Waals surface area contributed by atoms with E-state index in [9.17, 15) is 19.3 Å². The smallest absolute Gasteiger partial charge is 0.475 e. The third kappa shape index (κ3) is 13.4. The first-order valence-electron chi connectivity index (χ1n) is 18.0. The number of carbonyl (C=O) groups is 2. The molecule has 0 fully saturated rings. The van der Waals surface area contributed by atoms with Gasteiger partial charge in [-0.05, 0) is 53.5 Å². The molecule has 0 saturated carbocycles. The van der Waals surface area contributed by atoms with Crippen molar-refractivity contribution in [2.75, 3.05) is 52.1 Å². The van der Waals surface area contributed by atoms with Crippen LogP contribution in [-0.4, -0.2) is 93.0 Å². The van der Waals surface area contributed by atoms with Gasteiger partial charge in [0.25, 0.3) is 0 Å². The summed E-state index contributed by atoms with van der Waals surface area (Å²) in [7, 11) is -1.10. The standard InChI is InChI=1S/C41H53BFO10PS2/c1-9-35(43)37(53-54(47,51-23-25-55-38(45)29(2)3)52-24-26-56-39(46)40(4,5)6)36(27-44)50-28-42-41(30-13-11-10-12-14-30,31-15-19-33(48-7)20-16-31)32-17-21-34(49-8)22-18-32/h9-22,35-37,42,44H,1-2,23-28H2,3-8H3/t35-,36+,37-,54?/m0/s1. The molecule has 0 spiro atoms. The average Bonchev–Trinajstić information content (AvgIpc) is 3.20. The summed E-state index contributed by atoms with van der Waals surface area (Å²) in [6.45, 7) is 12.8. The summed E-state index contributed by atoms with van der Waals surface area (Å²) in [5.74, 6) is 1.53. The molecule has 0 bridgehead atoms. The predicted octanol–water partition coefficient (Wildman–Crippen LogP) is 7.96. The van der Waals surface area contributed by atoms with Crippen LogP contribution in [0.1, 0.15) is 44.4 Å². The highest BCUT2D eigenvalue weighted by molar-refractivity contribution is 8.14. The number of ether oxygens (including phenoxy) is 3. The Balaban J connectivity index is 1.95. The number of rotatable bonds is 24. The number of alkyl halides is 1. The molecule has 4 atom stereocenters. The van der Waals surface area contributed by atoms with Crippen molar-refractivity contribution >= 4 is 48.9 Å². The first-order chi connectivity index (χ1) is 26.6. The molecule has 0 heterocycles. The minimum atomic E-state index is -4.59. The molecule has 0 aliphatic heterocycles. The number of methoxy groups -OCH3 is 2. The summed E-state index contributed by atoms with van der Waals surface area (Å²) in [6.07, 6.45) is -4.08. The van der Waals surface area contributed by atoms with Gasteiger partial charge in [0.05, 0.1) is 34.0 Å². The van der Waals surface area contributed by atoms with Crippen LogP contribution in [0.5, 0.6) is 11.5 Å². The van der Waals surface area contributed by atoms with Crippen LogP contribution in [0.15, 0.2) is 104 Å². The van der Waals surface area contributed by atoms with Gasteiger partial charge in [0.1, 0.15) is 29.9 Å². The Morgan fingerprint density at radius 1 is 0.875 bits per heavy atom. The molecule has 15 heteroatoms. The van der Waals surface area contributed by atoms with E-state index in [0.717, 1.165) is 46.3 Å². The molecule has 10 nitrogen and oxygen atoms in total. The van der Waals surface area contributed by atoms with Crippen LogP contribution in [0.25, 0.3) is 0 Å². The van der Waals surface area contributed by atoms with Crippen molar-refractivity contribution in [3.8, 4) is 11.5 Å². The van der Waals surface area contributed by atoms with E-state index >= 15 is 4.39 Å². The molecular weight excluding hydrogens is 777 g/mol. The monoisotopic (exact) mass is 830 g/mol. The Kier molecular flexibility index (Phi) is 19.1. The number of carbonyl (C=O) groups excluding carboxylic acids is 2. The summed E-state index contributed by atoms with van der Waals surface area (Å²) in [4.78, 5) is 24.6. The van der Waals surface area contributed by atoms with E-state index in [1.54, 1.807) is 41.9 Å². The summed E-state index contributed by atoms with van der Waals surface area (Å²) >= 11 is 1.89. The van der Waals surface area contributed by atoms with Crippen molar-refractivity contribution in [3.05, 3.63) is 120 Å². The number of phosphoric acid groups is 1. The van der Waals surface area contributed by atoms with Gasteiger partial charge in [0.2, 0.25) is 5.12 Å². The van der Waals surface area contributed by atoms with E-state index in [2.05, 4.69) is 13.2 Å². The Morgan fingerprint density at radius 2 is 1.38 bits per heavy atom. The van der Waals surface area contributed by atoms with Gasteiger partial charge in [-0.2, -0.15) is 0 Å². The van der Waals surface area contributed by atoms with Gasteiger partial charge in [-0.3, -0.25) is 23.2 Å². The lowest BCUT2D eigenvalue weighted by molar-refractivity contribution is -0.117. The molecule has 3 rings (SSSR count). The normalized spacial score (nSPS) is 14.5. The number of benzene rings is 3. The van der Waals surface area contributed by atoms with Gasteiger partial charge < -0.3 is 19.3 Å². The Hall–Kier alpha value is -3.20. The first-order valence-corrected chi connectivity index (χ1v) is 21.5. The molecular formula is C41H53BFO10PS2. The molecule has 3 aromatic carbocycles. The molecule has 0 aliphatic rings. The maximum absolute atomic E-state index is 15.8. The summed E-state index contributed by atoms with van der Waals surface area (Å²) in [6, 6.07) is 25.2. The van der Waals surface area contributed by atoms with E-state index in [4.69, 9.17) is 27.8 Å². The number of thioether (sulfide) groups is 2. The van der Waals surface area contributed by atoms with Crippen molar-refractivity contribution in [2.24, 2.45) is 5.41 Å². The van der Waals surface area contributed by atoms with Crippen molar-refractivity contribution < 1.29 is 51.4 Å². The fraction of sp³-hybridized carbons (Fsp3) is 0.415. The molecule has 0 aliphatic carbocycles. The van der Waals surface area contributed by atoms with Crippen LogP contribution in [0, 0.1) is 5.41 Å². The van der Waals surface area contributed by atoms with Gasteiger partial charge >= 0.3 is 7.82 Å². The van der Waals surface area contributed by atoms with Gasteiger partial charge in [-0.1, -0.05) is 112 Å². The molecule has 0 saturated heterocycles. The third-order valence-electron chi connectivity index (χ3n) is 8.67. The maximum Gasteiger partial charge on any atom is 0.475 e. The molecule has 0 amide bonds. The molecule has 0 radical (unpaired) electrons. The number of hydrogen-bond acceptors (Lipinski definition) is 12. The van der Waals surface area contributed by atoms with Gasteiger partial charge in [-0.25, -0.2) is 8.96 Å². The highest BCUT2D eigenvalue weighted by Crippen LogP contribution is 2.52. The number of halogens is 1. The number of hydrogen-bond donors (Lipinski definition) is 1. The molecule has 0 aromatic heterocycles. The first kappa shape index (κ1) is 47.2.